The summed E-state index contributed by atoms with van der Waals surface area (Å²) in [5, 5.41) is 5.95. The van der Waals surface area contributed by atoms with Crippen molar-refractivity contribution in [3.63, 3.8) is 0 Å². The molecule has 2 N–H and O–H groups in total. The first kappa shape index (κ1) is 16.9. The van der Waals surface area contributed by atoms with Crippen LogP contribution in [0.15, 0.2) is 18.2 Å². The van der Waals surface area contributed by atoms with Gasteiger partial charge >= 0.3 is 0 Å². The molecule has 8 heteroatoms. The van der Waals surface area contributed by atoms with Crippen LogP contribution in [-0.4, -0.2) is 60.7 Å². The molecule has 7 nitrogen and oxygen atoms in total. The van der Waals surface area contributed by atoms with Gasteiger partial charge in [-0.3, -0.25) is 14.9 Å². The maximum Gasteiger partial charge on any atom is 0.243 e. The van der Waals surface area contributed by atoms with E-state index in [2.05, 4.69) is 10.6 Å². The predicted molar refractivity (Wildman–Crippen MR) is 92.6 cm³/mol. The lowest BCUT2D eigenvalue weighted by molar-refractivity contribution is -0.135. The van der Waals surface area contributed by atoms with E-state index in [-0.39, 0.29) is 24.4 Å². The second kappa shape index (κ2) is 7.76. The highest BCUT2D eigenvalue weighted by atomic mass is 32.2. The molecule has 0 spiro atoms. The molecule has 1 aromatic carbocycles. The second-order valence-electron chi connectivity index (χ2n) is 5.53. The van der Waals surface area contributed by atoms with Gasteiger partial charge in [-0.2, -0.15) is 0 Å². The summed E-state index contributed by atoms with van der Waals surface area (Å²) in [5.74, 6) is 2.56. The number of carbonyl (C=O) groups is 2. The Balaban J connectivity index is 1.58. The molecule has 0 aromatic heterocycles. The maximum atomic E-state index is 12.4. The summed E-state index contributed by atoms with van der Waals surface area (Å²) >= 11 is 1.69. The van der Waals surface area contributed by atoms with Crippen LogP contribution in [0.25, 0.3) is 0 Å². The Morgan fingerprint density at radius 1 is 1.33 bits per heavy atom. The SMILES string of the molecule is CCN(CC(=O)Nc1ccc2c(c1)OCCO2)C(=O)C1CSCN1. The fourth-order valence-electron chi connectivity index (χ4n) is 2.61. The van der Waals surface area contributed by atoms with Gasteiger partial charge in [0.05, 0.1) is 12.6 Å². The Labute approximate surface area is 145 Å². The van der Waals surface area contributed by atoms with Gasteiger partial charge < -0.3 is 19.7 Å². The average molecular weight is 351 g/mol. The molecule has 0 saturated carbocycles. The molecule has 2 aliphatic rings. The molecule has 1 aromatic rings. The molecule has 2 aliphatic heterocycles. The molecule has 1 saturated heterocycles. The van der Waals surface area contributed by atoms with Crippen molar-refractivity contribution < 1.29 is 19.1 Å². The van der Waals surface area contributed by atoms with E-state index < -0.39 is 0 Å². The number of nitrogens with one attached hydrogen (secondary N) is 2. The molecule has 0 bridgehead atoms. The molecule has 1 fully saturated rings. The second-order valence-corrected chi connectivity index (χ2v) is 6.56. The van der Waals surface area contributed by atoms with E-state index in [1.54, 1.807) is 34.9 Å². The number of rotatable bonds is 5. The quantitative estimate of drug-likeness (QED) is 0.821. The summed E-state index contributed by atoms with van der Waals surface area (Å²) in [6.07, 6.45) is 0. The largest absolute Gasteiger partial charge is 0.486 e. The molecule has 0 aliphatic carbocycles. The lowest BCUT2D eigenvalue weighted by atomic mass is 10.2. The number of hydrogen-bond donors (Lipinski definition) is 2. The first-order valence-electron chi connectivity index (χ1n) is 7.97. The fraction of sp³-hybridized carbons (Fsp3) is 0.500. The highest BCUT2D eigenvalue weighted by Gasteiger charge is 2.27. The van der Waals surface area contributed by atoms with E-state index in [1.165, 1.54) is 0 Å². The molecule has 130 valence electrons. The molecule has 1 unspecified atom stereocenters. The number of amides is 2. The number of likely N-dealkylation sites (N-methyl/N-ethyl adjacent to an activating group) is 1. The third kappa shape index (κ3) is 3.93. The lowest BCUT2D eigenvalue weighted by Crippen LogP contribution is -2.47. The molecule has 3 rings (SSSR count). The summed E-state index contributed by atoms with van der Waals surface area (Å²) in [7, 11) is 0. The van der Waals surface area contributed by atoms with Crippen LogP contribution in [0.3, 0.4) is 0 Å². The van der Waals surface area contributed by atoms with E-state index in [0.717, 1.165) is 11.6 Å². The molecule has 24 heavy (non-hydrogen) atoms. The molecule has 2 heterocycles. The van der Waals surface area contributed by atoms with Crippen molar-refractivity contribution in [1.82, 2.24) is 10.2 Å². The highest BCUT2D eigenvalue weighted by Crippen LogP contribution is 2.32. The molecular weight excluding hydrogens is 330 g/mol. The number of nitrogens with zero attached hydrogens (tertiary/aromatic N) is 1. The summed E-state index contributed by atoms with van der Waals surface area (Å²) in [4.78, 5) is 26.2. The zero-order chi connectivity index (χ0) is 16.9. The van der Waals surface area contributed by atoms with Crippen molar-refractivity contribution in [1.29, 1.82) is 0 Å². The monoisotopic (exact) mass is 351 g/mol. The van der Waals surface area contributed by atoms with Crippen molar-refractivity contribution in [3.8, 4) is 11.5 Å². The normalized spacial score (nSPS) is 19.0. The Morgan fingerprint density at radius 3 is 2.83 bits per heavy atom. The van der Waals surface area contributed by atoms with Gasteiger partial charge in [0.15, 0.2) is 11.5 Å². The van der Waals surface area contributed by atoms with Crippen LogP contribution in [0.5, 0.6) is 11.5 Å². The number of benzene rings is 1. The van der Waals surface area contributed by atoms with E-state index in [0.29, 0.717) is 36.9 Å². The molecule has 0 radical (unpaired) electrons. The summed E-state index contributed by atoms with van der Waals surface area (Å²) in [6, 6.07) is 5.07. The van der Waals surface area contributed by atoms with Crippen molar-refractivity contribution in [2.75, 3.05) is 43.2 Å². The number of anilines is 1. The van der Waals surface area contributed by atoms with Gasteiger partial charge in [-0.05, 0) is 19.1 Å². The number of fused-ring (bicyclic) bond motifs is 1. The molecular formula is C16H21N3O4S. The van der Waals surface area contributed by atoms with E-state index in [9.17, 15) is 9.59 Å². The minimum atomic E-state index is -0.229. The van der Waals surface area contributed by atoms with Gasteiger partial charge in [0.2, 0.25) is 11.8 Å². The Morgan fingerprint density at radius 2 is 2.12 bits per heavy atom. The summed E-state index contributed by atoms with van der Waals surface area (Å²) in [5.41, 5.74) is 0.627. The Kier molecular flexibility index (Phi) is 5.47. The number of hydrogen-bond acceptors (Lipinski definition) is 6. The van der Waals surface area contributed by atoms with Crippen LogP contribution in [0.1, 0.15) is 6.92 Å². The summed E-state index contributed by atoms with van der Waals surface area (Å²) < 4.78 is 11.0. The smallest absolute Gasteiger partial charge is 0.243 e. The third-order valence-electron chi connectivity index (χ3n) is 3.87. The first-order chi connectivity index (χ1) is 11.7. The van der Waals surface area contributed by atoms with Crippen molar-refractivity contribution >= 4 is 29.3 Å². The van der Waals surface area contributed by atoms with Gasteiger partial charge in [0, 0.05) is 29.9 Å². The van der Waals surface area contributed by atoms with Crippen LogP contribution in [0.2, 0.25) is 0 Å². The summed E-state index contributed by atoms with van der Waals surface area (Å²) in [6.45, 7) is 3.43. The highest BCUT2D eigenvalue weighted by molar-refractivity contribution is 7.99. The van der Waals surface area contributed by atoms with E-state index in [1.807, 2.05) is 6.92 Å². The zero-order valence-corrected chi connectivity index (χ0v) is 14.4. The van der Waals surface area contributed by atoms with Crippen LogP contribution in [0, 0.1) is 0 Å². The van der Waals surface area contributed by atoms with Gasteiger partial charge in [0.1, 0.15) is 13.2 Å². The van der Waals surface area contributed by atoms with Crippen molar-refractivity contribution in [2.24, 2.45) is 0 Å². The van der Waals surface area contributed by atoms with Gasteiger partial charge in [-0.1, -0.05) is 0 Å². The standard InChI is InChI=1S/C16H21N3O4S/c1-2-19(16(21)12-9-24-10-17-12)8-15(20)18-11-3-4-13-14(7-11)23-6-5-22-13/h3-4,7,12,17H,2,5-6,8-10H2,1H3,(H,18,20). The number of carbonyl (C=O) groups excluding carboxylic acids is 2. The predicted octanol–water partition coefficient (Wildman–Crippen LogP) is 0.907. The average Bonchev–Trinajstić information content (AvgIpc) is 3.13. The minimum absolute atomic E-state index is 0.0279. The van der Waals surface area contributed by atoms with E-state index >= 15 is 0 Å². The van der Waals surface area contributed by atoms with Crippen LogP contribution >= 0.6 is 11.8 Å². The van der Waals surface area contributed by atoms with Gasteiger partial charge in [-0.15, -0.1) is 11.8 Å². The number of ether oxygens (including phenoxy) is 2. The third-order valence-corrected chi connectivity index (χ3v) is 4.81. The molecule has 1 atom stereocenters. The van der Waals surface area contributed by atoms with E-state index in [4.69, 9.17) is 9.47 Å². The van der Waals surface area contributed by atoms with Crippen molar-refractivity contribution in [3.05, 3.63) is 18.2 Å². The minimum Gasteiger partial charge on any atom is -0.486 e. The van der Waals surface area contributed by atoms with Gasteiger partial charge in [0.25, 0.3) is 0 Å². The zero-order valence-electron chi connectivity index (χ0n) is 13.5. The fourth-order valence-corrected chi connectivity index (χ4v) is 3.55. The Bertz CT molecular complexity index is 619. The Hall–Kier alpha value is -1.93. The van der Waals surface area contributed by atoms with Crippen LogP contribution in [-0.2, 0) is 9.59 Å². The van der Waals surface area contributed by atoms with Crippen molar-refractivity contribution in [2.45, 2.75) is 13.0 Å². The maximum absolute atomic E-state index is 12.4. The van der Waals surface area contributed by atoms with Crippen LogP contribution < -0.4 is 20.1 Å². The first-order valence-corrected chi connectivity index (χ1v) is 9.12. The topological polar surface area (TPSA) is 79.9 Å². The lowest BCUT2D eigenvalue weighted by Gasteiger charge is -2.23. The van der Waals surface area contributed by atoms with Crippen LogP contribution in [0.4, 0.5) is 5.69 Å². The molecule has 2 amide bonds. The number of thioether (sulfide) groups is 1. The van der Waals surface area contributed by atoms with Gasteiger partial charge in [-0.25, -0.2) is 0 Å².